The van der Waals surface area contributed by atoms with Crippen LogP contribution >= 0.6 is 0 Å². The van der Waals surface area contributed by atoms with E-state index in [9.17, 15) is 4.79 Å². The van der Waals surface area contributed by atoms with E-state index in [0.717, 1.165) is 19.3 Å². The predicted molar refractivity (Wildman–Crippen MR) is 75.8 cm³/mol. The molecule has 6 nitrogen and oxygen atoms in total. The summed E-state index contributed by atoms with van der Waals surface area (Å²) in [5, 5.41) is 4.07. The molecule has 1 heterocycles. The zero-order valence-corrected chi connectivity index (χ0v) is 13.1. The van der Waals surface area contributed by atoms with Crippen molar-refractivity contribution in [3.8, 4) is 0 Å². The van der Waals surface area contributed by atoms with Gasteiger partial charge < -0.3 is 14.0 Å². The molecule has 1 fully saturated rings. The number of methoxy groups -OCH3 is 1. The third-order valence-electron chi connectivity index (χ3n) is 3.91. The van der Waals surface area contributed by atoms with Gasteiger partial charge in [0.15, 0.2) is 5.78 Å². The molecule has 2 rings (SSSR count). The lowest BCUT2D eigenvalue weighted by Crippen LogP contribution is -2.36. The summed E-state index contributed by atoms with van der Waals surface area (Å²) in [4.78, 5) is 16.0. The summed E-state index contributed by atoms with van der Waals surface area (Å²) in [5.74, 6) is 1.41. The van der Waals surface area contributed by atoms with Gasteiger partial charge in [0.25, 0.3) is 0 Å². The van der Waals surface area contributed by atoms with Gasteiger partial charge in [0.1, 0.15) is 12.2 Å². The molecule has 0 bridgehead atoms. The molecular weight excluding hydrogens is 272 g/mol. The lowest BCUT2D eigenvalue weighted by Gasteiger charge is -2.37. The number of Topliss-reactive ketones (excluding diaryl/α,β-unsaturated/α-hetero) is 1. The Labute approximate surface area is 125 Å². The van der Waals surface area contributed by atoms with Crippen LogP contribution in [0.2, 0.25) is 0 Å². The number of hydrogen-bond donors (Lipinski definition) is 0. The first kappa shape index (κ1) is 16.1. The maximum absolute atomic E-state index is 11.6. The highest BCUT2D eigenvalue weighted by molar-refractivity contribution is 5.81. The van der Waals surface area contributed by atoms with Crippen LogP contribution in [-0.2, 0) is 26.3 Å². The summed E-state index contributed by atoms with van der Waals surface area (Å²) in [6.45, 7) is 4.87. The van der Waals surface area contributed by atoms with Gasteiger partial charge in [0, 0.05) is 13.7 Å². The molecule has 0 radical (unpaired) electrons. The van der Waals surface area contributed by atoms with E-state index in [4.69, 9.17) is 14.0 Å². The van der Waals surface area contributed by atoms with E-state index in [2.05, 4.69) is 17.1 Å². The van der Waals surface area contributed by atoms with Gasteiger partial charge in [-0.05, 0) is 32.1 Å². The van der Waals surface area contributed by atoms with Gasteiger partial charge in [-0.1, -0.05) is 18.5 Å². The Bertz CT molecular complexity index is 470. The molecule has 0 amide bonds. The van der Waals surface area contributed by atoms with Crippen LogP contribution < -0.4 is 0 Å². The summed E-state index contributed by atoms with van der Waals surface area (Å²) >= 11 is 0. The third-order valence-corrected chi connectivity index (χ3v) is 3.91. The van der Waals surface area contributed by atoms with Crippen LogP contribution in [0, 0.1) is 5.92 Å². The molecule has 1 aromatic heterocycles. The van der Waals surface area contributed by atoms with Crippen molar-refractivity contribution < 1.29 is 18.8 Å². The second kappa shape index (κ2) is 7.13. The normalized spacial score (nSPS) is 26.0. The molecule has 0 aliphatic heterocycles. The summed E-state index contributed by atoms with van der Waals surface area (Å²) < 4.78 is 16.0. The Morgan fingerprint density at radius 3 is 3.00 bits per heavy atom. The molecule has 0 N–H and O–H groups in total. The van der Waals surface area contributed by atoms with Crippen LogP contribution in [0.3, 0.4) is 0 Å². The average Bonchev–Trinajstić information content (AvgIpc) is 2.88. The van der Waals surface area contributed by atoms with Crippen molar-refractivity contribution in [3.05, 3.63) is 11.7 Å². The molecule has 1 aliphatic rings. The Kier molecular flexibility index (Phi) is 5.47. The van der Waals surface area contributed by atoms with E-state index >= 15 is 0 Å². The van der Waals surface area contributed by atoms with Crippen LogP contribution in [0.15, 0.2) is 4.52 Å². The average molecular weight is 296 g/mol. The van der Waals surface area contributed by atoms with E-state index in [1.54, 1.807) is 0 Å². The summed E-state index contributed by atoms with van der Waals surface area (Å²) in [7, 11) is 1.49. The zero-order valence-electron chi connectivity index (χ0n) is 13.1. The van der Waals surface area contributed by atoms with Crippen LogP contribution in [0.1, 0.15) is 51.2 Å². The number of carbonyl (C=O) groups is 1. The van der Waals surface area contributed by atoms with Crippen molar-refractivity contribution in [3.63, 3.8) is 0 Å². The van der Waals surface area contributed by atoms with Crippen molar-refractivity contribution in [1.29, 1.82) is 0 Å². The van der Waals surface area contributed by atoms with Gasteiger partial charge in [0.2, 0.25) is 11.7 Å². The second-order valence-corrected chi connectivity index (χ2v) is 5.79. The standard InChI is InChI=1S/C15H24N2O4/c1-4-20-15(7-5-6-11(2)9-15)14-16-13(21-17-14)8-12(18)10-19-3/h11H,4-10H2,1-3H3. The topological polar surface area (TPSA) is 74.5 Å². The predicted octanol–water partition coefficient (Wildman–Crippen LogP) is 2.27. The van der Waals surface area contributed by atoms with Gasteiger partial charge in [-0.3, -0.25) is 4.79 Å². The molecule has 0 saturated heterocycles. The van der Waals surface area contributed by atoms with E-state index in [1.807, 2.05) is 6.92 Å². The van der Waals surface area contributed by atoms with Crippen molar-refractivity contribution in [2.75, 3.05) is 20.3 Å². The van der Waals surface area contributed by atoms with Crippen molar-refractivity contribution in [2.24, 2.45) is 5.92 Å². The number of carbonyl (C=O) groups excluding carboxylic acids is 1. The quantitative estimate of drug-likeness (QED) is 0.768. The number of aromatic nitrogens is 2. The van der Waals surface area contributed by atoms with Gasteiger partial charge in [-0.2, -0.15) is 4.98 Å². The third kappa shape index (κ3) is 3.89. The van der Waals surface area contributed by atoms with Crippen LogP contribution in [0.25, 0.3) is 0 Å². The Morgan fingerprint density at radius 1 is 1.52 bits per heavy atom. The molecule has 0 aromatic carbocycles. The maximum Gasteiger partial charge on any atom is 0.234 e. The highest BCUT2D eigenvalue weighted by atomic mass is 16.5. The summed E-state index contributed by atoms with van der Waals surface area (Å²) in [6.07, 6.45) is 4.19. The highest BCUT2D eigenvalue weighted by Crippen LogP contribution is 2.41. The first-order valence-corrected chi connectivity index (χ1v) is 7.57. The van der Waals surface area contributed by atoms with Crippen molar-refractivity contribution >= 4 is 5.78 Å². The Balaban J connectivity index is 2.14. The summed E-state index contributed by atoms with van der Waals surface area (Å²) in [6, 6.07) is 0. The molecule has 6 heteroatoms. The molecule has 1 aromatic rings. The van der Waals surface area contributed by atoms with Crippen LogP contribution in [-0.4, -0.2) is 36.2 Å². The Hall–Kier alpha value is -1.27. The highest BCUT2D eigenvalue weighted by Gasteiger charge is 2.41. The minimum absolute atomic E-state index is 0.0609. The number of hydrogen-bond acceptors (Lipinski definition) is 6. The number of rotatable bonds is 7. The van der Waals surface area contributed by atoms with E-state index in [1.165, 1.54) is 13.5 Å². The number of ether oxygens (including phenoxy) is 2. The van der Waals surface area contributed by atoms with E-state index in [-0.39, 0.29) is 18.8 Å². The minimum Gasteiger partial charge on any atom is -0.377 e. The lowest BCUT2D eigenvalue weighted by atomic mass is 9.78. The molecule has 2 unspecified atom stereocenters. The molecule has 21 heavy (non-hydrogen) atoms. The molecule has 1 saturated carbocycles. The van der Waals surface area contributed by atoms with Gasteiger partial charge in [0.05, 0.1) is 6.42 Å². The van der Waals surface area contributed by atoms with Gasteiger partial charge in [-0.15, -0.1) is 0 Å². The first-order valence-electron chi connectivity index (χ1n) is 7.57. The molecular formula is C15H24N2O4. The van der Waals surface area contributed by atoms with Gasteiger partial charge in [-0.25, -0.2) is 0 Å². The maximum atomic E-state index is 11.6. The smallest absolute Gasteiger partial charge is 0.234 e. The fourth-order valence-corrected chi connectivity index (χ4v) is 3.07. The zero-order chi connectivity index (χ0) is 15.3. The molecule has 1 aliphatic carbocycles. The number of nitrogens with zero attached hydrogens (tertiary/aromatic N) is 2. The molecule has 2 atom stereocenters. The lowest BCUT2D eigenvalue weighted by molar-refractivity contribution is -0.122. The van der Waals surface area contributed by atoms with Crippen LogP contribution in [0.4, 0.5) is 0 Å². The number of ketones is 1. The first-order chi connectivity index (χ1) is 10.1. The molecule has 118 valence electrons. The van der Waals surface area contributed by atoms with Crippen molar-refractivity contribution in [2.45, 2.75) is 51.6 Å². The SMILES string of the molecule is CCOC1(c2noc(CC(=O)COC)n2)CCCC(C)C1. The van der Waals surface area contributed by atoms with E-state index in [0.29, 0.717) is 24.2 Å². The fraction of sp³-hybridized carbons (Fsp3) is 0.800. The Morgan fingerprint density at radius 2 is 2.33 bits per heavy atom. The minimum atomic E-state index is -0.460. The monoisotopic (exact) mass is 296 g/mol. The van der Waals surface area contributed by atoms with Crippen molar-refractivity contribution in [1.82, 2.24) is 10.1 Å². The van der Waals surface area contributed by atoms with Crippen LogP contribution in [0.5, 0.6) is 0 Å². The second-order valence-electron chi connectivity index (χ2n) is 5.79. The largest absolute Gasteiger partial charge is 0.377 e. The van der Waals surface area contributed by atoms with Gasteiger partial charge >= 0.3 is 0 Å². The summed E-state index contributed by atoms with van der Waals surface area (Å²) in [5.41, 5.74) is -0.460. The fourth-order valence-electron chi connectivity index (χ4n) is 3.07. The molecule has 0 spiro atoms. The van der Waals surface area contributed by atoms with E-state index < -0.39 is 5.60 Å².